The molecule has 1 aromatic heterocycles. The van der Waals surface area contributed by atoms with Gasteiger partial charge in [0.25, 0.3) is 0 Å². The molecule has 4 aromatic rings. The number of nitrogens with zero attached hydrogens (tertiary/aromatic N) is 2. The Balaban J connectivity index is 1.29. The second kappa shape index (κ2) is 8.61. The van der Waals surface area contributed by atoms with Crippen molar-refractivity contribution in [1.82, 2.24) is 9.78 Å². The molecule has 3 aromatic carbocycles. The van der Waals surface area contributed by atoms with E-state index in [1.165, 1.54) is 5.56 Å². The highest BCUT2D eigenvalue weighted by Gasteiger charge is 2.08. The van der Waals surface area contributed by atoms with Crippen LogP contribution in [-0.4, -0.2) is 15.7 Å². The van der Waals surface area contributed by atoms with Crippen molar-refractivity contribution in [2.75, 3.05) is 5.32 Å². The van der Waals surface area contributed by atoms with Gasteiger partial charge in [-0.25, -0.2) is 0 Å². The number of nitrogens with one attached hydrogen (secondary N) is 1. The topological polar surface area (TPSA) is 56.2 Å². The SMILES string of the molecule is Cc1cccc2c1cnn2CCC(=O)Nc1ccc(OCc2ccccc2)cc1. The fourth-order valence-corrected chi connectivity index (χ4v) is 3.23. The van der Waals surface area contributed by atoms with E-state index in [9.17, 15) is 4.79 Å². The van der Waals surface area contributed by atoms with E-state index in [0.717, 1.165) is 27.9 Å². The van der Waals surface area contributed by atoms with E-state index in [0.29, 0.717) is 19.6 Å². The molecule has 5 heteroatoms. The quantitative estimate of drug-likeness (QED) is 0.490. The number of fused-ring (bicyclic) bond motifs is 1. The van der Waals surface area contributed by atoms with Crippen LogP contribution in [0.25, 0.3) is 10.9 Å². The van der Waals surface area contributed by atoms with Crippen LogP contribution in [0.1, 0.15) is 17.5 Å². The second-order valence-electron chi connectivity index (χ2n) is 6.97. The molecule has 1 heterocycles. The zero-order valence-electron chi connectivity index (χ0n) is 16.3. The van der Waals surface area contributed by atoms with E-state index >= 15 is 0 Å². The van der Waals surface area contributed by atoms with E-state index in [1.807, 2.05) is 77.6 Å². The highest BCUT2D eigenvalue weighted by Crippen LogP contribution is 2.19. The van der Waals surface area contributed by atoms with Gasteiger partial charge in [0.1, 0.15) is 12.4 Å². The van der Waals surface area contributed by atoms with Crippen molar-refractivity contribution in [3.05, 3.63) is 90.1 Å². The number of hydrogen-bond acceptors (Lipinski definition) is 3. The molecule has 0 aliphatic rings. The van der Waals surface area contributed by atoms with Crippen LogP contribution in [0.2, 0.25) is 0 Å². The number of carbonyl (C=O) groups excluding carboxylic acids is 1. The first-order chi connectivity index (χ1) is 14.2. The van der Waals surface area contributed by atoms with Crippen LogP contribution in [0.4, 0.5) is 5.69 Å². The molecule has 0 saturated heterocycles. The minimum atomic E-state index is -0.0424. The van der Waals surface area contributed by atoms with Crippen molar-refractivity contribution in [2.45, 2.75) is 26.5 Å². The second-order valence-corrected chi connectivity index (χ2v) is 6.97. The molecule has 29 heavy (non-hydrogen) atoms. The smallest absolute Gasteiger partial charge is 0.226 e. The van der Waals surface area contributed by atoms with Gasteiger partial charge in [0, 0.05) is 17.5 Å². The molecule has 0 saturated carbocycles. The summed E-state index contributed by atoms with van der Waals surface area (Å²) in [7, 11) is 0. The lowest BCUT2D eigenvalue weighted by Crippen LogP contribution is -2.15. The van der Waals surface area contributed by atoms with Crippen LogP contribution in [-0.2, 0) is 17.9 Å². The first kappa shape index (κ1) is 18.7. The monoisotopic (exact) mass is 385 g/mol. The number of carbonyl (C=O) groups is 1. The molecule has 1 N–H and O–H groups in total. The third-order valence-corrected chi connectivity index (χ3v) is 4.84. The number of aromatic nitrogens is 2. The molecule has 1 amide bonds. The van der Waals surface area contributed by atoms with Gasteiger partial charge in [-0.1, -0.05) is 42.5 Å². The van der Waals surface area contributed by atoms with Crippen LogP contribution < -0.4 is 10.1 Å². The molecule has 0 fully saturated rings. The van der Waals surface area contributed by atoms with Crippen molar-refractivity contribution in [3.8, 4) is 5.75 Å². The highest BCUT2D eigenvalue weighted by molar-refractivity contribution is 5.90. The molecule has 0 aliphatic carbocycles. The maximum absolute atomic E-state index is 12.3. The standard InChI is InChI=1S/C24H23N3O2/c1-18-6-5-9-23-22(18)16-25-27(23)15-14-24(28)26-20-10-12-21(13-11-20)29-17-19-7-3-2-4-8-19/h2-13,16H,14-15,17H2,1H3,(H,26,28). The molecule has 4 rings (SSSR count). The van der Waals surface area contributed by atoms with E-state index in [-0.39, 0.29) is 5.91 Å². The predicted octanol–water partition coefficient (Wildman–Crippen LogP) is 4.95. The minimum Gasteiger partial charge on any atom is -0.489 e. The molecular formula is C24H23N3O2. The number of rotatable bonds is 7. The fraction of sp³-hybridized carbons (Fsp3) is 0.167. The molecule has 5 nitrogen and oxygen atoms in total. The van der Waals surface area contributed by atoms with Gasteiger partial charge in [0.15, 0.2) is 0 Å². The minimum absolute atomic E-state index is 0.0424. The van der Waals surface area contributed by atoms with Gasteiger partial charge in [0.05, 0.1) is 18.3 Å². The predicted molar refractivity (Wildman–Crippen MR) is 115 cm³/mol. The molecule has 0 spiro atoms. The first-order valence-corrected chi connectivity index (χ1v) is 9.67. The van der Waals surface area contributed by atoms with Crippen molar-refractivity contribution < 1.29 is 9.53 Å². The Morgan fingerprint density at radius 1 is 1.00 bits per heavy atom. The lowest BCUT2D eigenvalue weighted by atomic mass is 10.1. The Labute approximate surface area is 169 Å². The van der Waals surface area contributed by atoms with Gasteiger partial charge >= 0.3 is 0 Å². The zero-order chi connectivity index (χ0) is 20.1. The van der Waals surface area contributed by atoms with E-state index in [2.05, 4.69) is 23.4 Å². The van der Waals surface area contributed by atoms with Gasteiger partial charge in [0.2, 0.25) is 5.91 Å². The summed E-state index contributed by atoms with van der Waals surface area (Å²) >= 11 is 0. The number of aryl methyl sites for hydroxylation is 2. The van der Waals surface area contributed by atoms with E-state index in [4.69, 9.17) is 4.74 Å². The molecular weight excluding hydrogens is 362 g/mol. The van der Waals surface area contributed by atoms with Gasteiger partial charge in [-0.2, -0.15) is 5.10 Å². The van der Waals surface area contributed by atoms with Crippen LogP contribution >= 0.6 is 0 Å². The number of hydrogen-bond donors (Lipinski definition) is 1. The lowest BCUT2D eigenvalue weighted by Gasteiger charge is -2.09. The van der Waals surface area contributed by atoms with Gasteiger partial charge in [-0.3, -0.25) is 9.48 Å². The Morgan fingerprint density at radius 2 is 1.79 bits per heavy atom. The Kier molecular flexibility index (Phi) is 5.56. The maximum atomic E-state index is 12.3. The van der Waals surface area contributed by atoms with Crippen LogP contribution in [0.5, 0.6) is 5.75 Å². The van der Waals surface area contributed by atoms with Crippen molar-refractivity contribution >= 4 is 22.5 Å². The summed E-state index contributed by atoms with van der Waals surface area (Å²) in [6, 6.07) is 23.6. The van der Waals surface area contributed by atoms with Crippen LogP contribution in [0, 0.1) is 6.92 Å². The fourth-order valence-electron chi connectivity index (χ4n) is 3.23. The van der Waals surface area contributed by atoms with Gasteiger partial charge in [-0.15, -0.1) is 0 Å². The first-order valence-electron chi connectivity index (χ1n) is 9.67. The maximum Gasteiger partial charge on any atom is 0.226 e. The molecule has 0 radical (unpaired) electrons. The summed E-state index contributed by atoms with van der Waals surface area (Å²) in [4.78, 5) is 12.3. The molecule has 0 bridgehead atoms. The number of amides is 1. The van der Waals surface area contributed by atoms with Gasteiger partial charge in [-0.05, 0) is 48.4 Å². The average Bonchev–Trinajstić information content (AvgIpc) is 3.17. The summed E-state index contributed by atoms with van der Waals surface area (Å²) < 4.78 is 7.65. The summed E-state index contributed by atoms with van der Waals surface area (Å²) in [6.45, 7) is 3.12. The third kappa shape index (κ3) is 4.63. The Hall–Kier alpha value is -3.60. The largest absolute Gasteiger partial charge is 0.489 e. The van der Waals surface area contributed by atoms with Crippen LogP contribution in [0.3, 0.4) is 0 Å². The van der Waals surface area contributed by atoms with Gasteiger partial charge < -0.3 is 10.1 Å². The molecule has 146 valence electrons. The normalized spacial score (nSPS) is 10.8. The highest BCUT2D eigenvalue weighted by atomic mass is 16.5. The van der Waals surface area contributed by atoms with Crippen LogP contribution in [0.15, 0.2) is 79.0 Å². The number of benzene rings is 3. The molecule has 0 atom stereocenters. The number of ether oxygens (including phenoxy) is 1. The van der Waals surface area contributed by atoms with Crippen molar-refractivity contribution in [2.24, 2.45) is 0 Å². The summed E-state index contributed by atoms with van der Waals surface area (Å²) in [5.41, 5.74) is 4.11. The van der Waals surface area contributed by atoms with Crippen molar-refractivity contribution in [1.29, 1.82) is 0 Å². The summed E-state index contributed by atoms with van der Waals surface area (Å²) in [5.74, 6) is 0.726. The lowest BCUT2D eigenvalue weighted by molar-refractivity contribution is -0.116. The average molecular weight is 385 g/mol. The summed E-state index contributed by atoms with van der Waals surface area (Å²) in [6.07, 6.45) is 2.22. The van der Waals surface area contributed by atoms with E-state index in [1.54, 1.807) is 0 Å². The molecule has 0 aliphatic heterocycles. The Morgan fingerprint density at radius 3 is 2.59 bits per heavy atom. The Bertz CT molecular complexity index is 1100. The zero-order valence-corrected chi connectivity index (χ0v) is 16.3. The van der Waals surface area contributed by atoms with Crippen molar-refractivity contribution in [3.63, 3.8) is 0 Å². The summed E-state index contributed by atoms with van der Waals surface area (Å²) in [5, 5.41) is 8.47. The molecule has 0 unspecified atom stereocenters. The van der Waals surface area contributed by atoms with E-state index < -0.39 is 0 Å². The number of anilines is 1. The third-order valence-electron chi connectivity index (χ3n) is 4.84.